The van der Waals surface area contributed by atoms with Crippen molar-refractivity contribution < 1.29 is 0 Å². The Bertz CT molecular complexity index is 532. The lowest BCUT2D eigenvalue weighted by atomic mass is 10.0. The second-order valence-electron chi connectivity index (χ2n) is 4.08. The van der Waals surface area contributed by atoms with Gasteiger partial charge in [0.2, 0.25) is 0 Å². The van der Waals surface area contributed by atoms with E-state index in [-0.39, 0.29) is 0 Å². The maximum atomic E-state index is 5.58. The molecule has 16 heavy (non-hydrogen) atoms. The first-order chi connectivity index (χ1) is 7.67. The van der Waals surface area contributed by atoms with Crippen molar-refractivity contribution in [2.24, 2.45) is 5.84 Å². The molecule has 0 aliphatic rings. The van der Waals surface area contributed by atoms with Gasteiger partial charge in [-0.2, -0.15) is 0 Å². The number of pyridine rings is 1. The van der Waals surface area contributed by atoms with E-state index in [0.29, 0.717) is 0 Å². The predicted octanol–water partition coefficient (Wildman–Crippen LogP) is 2.70. The molecule has 3 N–H and O–H groups in total. The van der Waals surface area contributed by atoms with E-state index in [4.69, 9.17) is 5.84 Å². The Morgan fingerprint density at radius 2 is 1.94 bits per heavy atom. The van der Waals surface area contributed by atoms with Gasteiger partial charge in [0.05, 0.1) is 11.2 Å². The third-order valence-electron chi connectivity index (χ3n) is 2.94. The molecule has 0 saturated heterocycles. The Hall–Kier alpha value is -1.61. The normalized spacial score (nSPS) is 10.8. The van der Waals surface area contributed by atoms with Crippen LogP contribution in [0.5, 0.6) is 0 Å². The largest absolute Gasteiger partial charge is 0.323 e. The molecule has 0 unspecified atom stereocenters. The standard InChI is InChI=1S/C13H17N3/c1-4-10-7-11(16-14)12-8(2)5-6-9(3)13(12)15-10/h5-7H,4,14H2,1-3H3,(H,15,16). The quantitative estimate of drug-likeness (QED) is 0.598. The Kier molecular flexibility index (Phi) is 2.79. The molecule has 0 spiro atoms. The number of hydrogen-bond donors (Lipinski definition) is 2. The van der Waals surface area contributed by atoms with Crippen molar-refractivity contribution in [1.29, 1.82) is 0 Å². The zero-order chi connectivity index (χ0) is 11.7. The zero-order valence-electron chi connectivity index (χ0n) is 9.96. The first-order valence-corrected chi connectivity index (χ1v) is 5.53. The van der Waals surface area contributed by atoms with Gasteiger partial charge in [-0.05, 0) is 37.5 Å². The monoisotopic (exact) mass is 215 g/mol. The minimum atomic E-state index is 0.915. The van der Waals surface area contributed by atoms with Crippen LogP contribution in [0.25, 0.3) is 10.9 Å². The number of nitrogens with zero attached hydrogens (tertiary/aromatic N) is 1. The number of anilines is 1. The number of hydrogen-bond acceptors (Lipinski definition) is 3. The summed E-state index contributed by atoms with van der Waals surface area (Å²) in [5, 5.41) is 1.12. The first-order valence-electron chi connectivity index (χ1n) is 5.53. The van der Waals surface area contributed by atoms with Crippen LogP contribution in [0.1, 0.15) is 23.7 Å². The number of aryl methyl sites for hydroxylation is 3. The Balaban J connectivity index is 2.88. The van der Waals surface area contributed by atoms with E-state index in [9.17, 15) is 0 Å². The van der Waals surface area contributed by atoms with Crippen molar-refractivity contribution in [3.63, 3.8) is 0 Å². The van der Waals surface area contributed by atoms with Crippen LogP contribution in [0.2, 0.25) is 0 Å². The zero-order valence-corrected chi connectivity index (χ0v) is 9.96. The minimum absolute atomic E-state index is 0.915. The SMILES string of the molecule is CCc1cc(NN)c2c(C)ccc(C)c2n1. The second kappa shape index (κ2) is 4.10. The van der Waals surface area contributed by atoms with E-state index in [2.05, 4.69) is 43.3 Å². The average Bonchev–Trinajstić information content (AvgIpc) is 2.32. The molecule has 0 atom stereocenters. The van der Waals surface area contributed by atoms with Crippen LogP contribution in [0.15, 0.2) is 18.2 Å². The summed E-state index contributed by atoms with van der Waals surface area (Å²) in [7, 11) is 0. The van der Waals surface area contributed by atoms with E-state index in [1.165, 1.54) is 11.1 Å². The van der Waals surface area contributed by atoms with Gasteiger partial charge in [-0.3, -0.25) is 10.8 Å². The van der Waals surface area contributed by atoms with E-state index in [0.717, 1.165) is 28.7 Å². The molecule has 0 aliphatic carbocycles. The molecule has 3 nitrogen and oxygen atoms in total. The average molecular weight is 215 g/mol. The first kappa shape index (κ1) is 10.9. The highest BCUT2D eigenvalue weighted by molar-refractivity contribution is 5.95. The third-order valence-corrected chi connectivity index (χ3v) is 2.94. The summed E-state index contributed by atoms with van der Waals surface area (Å²) >= 11 is 0. The molecule has 84 valence electrons. The summed E-state index contributed by atoms with van der Waals surface area (Å²) in [5.41, 5.74) is 8.23. The van der Waals surface area contributed by atoms with Gasteiger partial charge in [0.1, 0.15) is 0 Å². The minimum Gasteiger partial charge on any atom is -0.323 e. The number of nitrogens with one attached hydrogen (secondary N) is 1. The van der Waals surface area contributed by atoms with E-state index in [1.807, 2.05) is 6.07 Å². The van der Waals surface area contributed by atoms with Gasteiger partial charge >= 0.3 is 0 Å². The molecule has 2 rings (SSSR count). The van der Waals surface area contributed by atoms with Crippen LogP contribution in [-0.2, 0) is 6.42 Å². The fourth-order valence-electron chi connectivity index (χ4n) is 1.99. The predicted molar refractivity (Wildman–Crippen MR) is 68.4 cm³/mol. The van der Waals surface area contributed by atoms with Crippen LogP contribution in [0, 0.1) is 13.8 Å². The molecule has 0 amide bonds. The second-order valence-corrected chi connectivity index (χ2v) is 4.08. The lowest BCUT2D eigenvalue weighted by molar-refractivity contribution is 1.05. The highest BCUT2D eigenvalue weighted by Gasteiger charge is 2.08. The van der Waals surface area contributed by atoms with Crippen molar-refractivity contribution >= 4 is 16.6 Å². The molecular weight excluding hydrogens is 198 g/mol. The summed E-state index contributed by atoms with van der Waals surface area (Å²) in [5.74, 6) is 5.58. The molecule has 1 aromatic heterocycles. The Morgan fingerprint density at radius 1 is 1.25 bits per heavy atom. The van der Waals surface area contributed by atoms with Gasteiger partial charge < -0.3 is 5.43 Å². The fourth-order valence-corrected chi connectivity index (χ4v) is 1.99. The van der Waals surface area contributed by atoms with Crippen molar-refractivity contribution in [3.05, 3.63) is 35.0 Å². The Labute approximate surface area is 95.7 Å². The molecule has 0 saturated carbocycles. The van der Waals surface area contributed by atoms with Crippen molar-refractivity contribution in [3.8, 4) is 0 Å². The van der Waals surface area contributed by atoms with Gasteiger partial charge in [0.25, 0.3) is 0 Å². The molecule has 1 heterocycles. The number of benzene rings is 1. The van der Waals surface area contributed by atoms with Gasteiger partial charge in [-0.25, -0.2) is 0 Å². The van der Waals surface area contributed by atoms with Gasteiger partial charge in [0.15, 0.2) is 0 Å². The molecule has 0 fully saturated rings. The van der Waals surface area contributed by atoms with Crippen LogP contribution >= 0.6 is 0 Å². The van der Waals surface area contributed by atoms with E-state index < -0.39 is 0 Å². The topological polar surface area (TPSA) is 50.9 Å². The molecule has 1 aromatic carbocycles. The molecule has 0 aliphatic heterocycles. The number of rotatable bonds is 2. The Morgan fingerprint density at radius 3 is 2.56 bits per heavy atom. The maximum Gasteiger partial charge on any atom is 0.0758 e. The van der Waals surface area contributed by atoms with Crippen LogP contribution in [-0.4, -0.2) is 4.98 Å². The number of hydrazine groups is 1. The molecular formula is C13H17N3. The van der Waals surface area contributed by atoms with Crippen LogP contribution in [0.4, 0.5) is 5.69 Å². The summed E-state index contributed by atoms with van der Waals surface area (Å²) in [6.45, 7) is 6.25. The smallest absolute Gasteiger partial charge is 0.0758 e. The van der Waals surface area contributed by atoms with Crippen molar-refractivity contribution in [2.45, 2.75) is 27.2 Å². The van der Waals surface area contributed by atoms with Gasteiger partial charge in [0, 0.05) is 11.1 Å². The van der Waals surface area contributed by atoms with Gasteiger partial charge in [-0.15, -0.1) is 0 Å². The molecule has 0 radical (unpaired) electrons. The fraction of sp³-hybridized carbons (Fsp3) is 0.308. The van der Waals surface area contributed by atoms with E-state index in [1.54, 1.807) is 0 Å². The maximum absolute atomic E-state index is 5.58. The summed E-state index contributed by atoms with van der Waals surface area (Å²) < 4.78 is 0. The van der Waals surface area contributed by atoms with Gasteiger partial charge in [-0.1, -0.05) is 19.1 Å². The number of aromatic nitrogens is 1. The van der Waals surface area contributed by atoms with Crippen LogP contribution in [0.3, 0.4) is 0 Å². The van der Waals surface area contributed by atoms with Crippen molar-refractivity contribution in [2.75, 3.05) is 5.43 Å². The number of nitrogens with two attached hydrogens (primary N) is 1. The number of nitrogen functional groups attached to an aromatic ring is 1. The molecule has 0 bridgehead atoms. The highest BCUT2D eigenvalue weighted by atomic mass is 15.2. The molecule has 3 heteroatoms. The number of fused-ring (bicyclic) bond motifs is 1. The third kappa shape index (κ3) is 1.63. The lowest BCUT2D eigenvalue weighted by Crippen LogP contribution is -2.09. The lowest BCUT2D eigenvalue weighted by Gasteiger charge is -2.12. The van der Waals surface area contributed by atoms with Crippen molar-refractivity contribution in [1.82, 2.24) is 4.98 Å². The highest BCUT2D eigenvalue weighted by Crippen LogP contribution is 2.28. The molecule has 2 aromatic rings. The summed E-state index contributed by atoms with van der Waals surface area (Å²) in [6, 6.07) is 6.23. The summed E-state index contributed by atoms with van der Waals surface area (Å²) in [6.07, 6.45) is 0.915. The van der Waals surface area contributed by atoms with E-state index >= 15 is 0 Å². The summed E-state index contributed by atoms with van der Waals surface area (Å²) in [4.78, 5) is 4.67. The van der Waals surface area contributed by atoms with Crippen LogP contribution < -0.4 is 11.3 Å².